The quantitative estimate of drug-likeness (QED) is 0.803. The van der Waals surface area contributed by atoms with E-state index in [9.17, 15) is 13.2 Å². The van der Waals surface area contributed by atoms with Crippen LogP contribution in [0.2, 0.25) is 0 Å². The van der Waals surface area contributed by atoms with E-state index in [4.69, 9.17) is 0 Å². The van der Waals surface area contributed by atoms with E-state index in [2.05, 4.69) is 12.2 Å². The van der Waals surface area contributed by atoms with Crippen molar-refractivity contribution < 1.29 is 13.2 Å². The molecule has 2 rings (SSSR count). The molecular formula is C15H23F3N2. The van der Waals surface area contributed by atoms with E-state index < -0.39 is 12.6 Å². The van der Waals surface area contributed by atoms with Crippen LogP contribution in [0.15, 0.2) is 12.4 Å². The van der Waals surface area contributed by atoms with E-state index in [0.29, 0.717) is 6.04 Å². The van der Waals surface area contributed by atoms with Gasteiger partial charge in [0.25, 0.3) is 0 Å². The zero-order valence-corrected chi connectivity index (χ0v) is 12.0. The summed E-state index contributed by atoms with van der Waals surface area (Å²) in [6.45, 7) is 3.11. The Morgan fingerprint density at radius 1 is 1.30 bits per heavy atom. The molecule has 0 amide bonds. The normalized spacial score (nSPS) is 19.7. The molecule has 1 atom stereocenters. The second-order valence-corrected chi connectivity index (χ2v) is 5.59. The molecule has 0 bridgehead atoms. The lowest BCUT2D eigenvalue weighted by molar-refractivity contribution is -0.136. The van der Waals surface area contributed by atoms with Crippen LogP contribution in [-0.4, -0.2) is 17.3 Å². The van der Waals surface area contributed by atoms with Gasteiger partial charge in [0.2, 0.25) is 0 Å². The summed E-state index contributed by atoms with van der Waals surface area (Å²) in [6, 6.07) is 0.305. The molecule has 0 radical (unpaired) electrons. The van der Waals surface area contributed by atoms with Crippen molar-refractivity contribution in [3.05, 3.63) is 23.5 Å². The van der Waals surface area contributed by atoms with E-state index in [1.54, 1.807) is 4.57 Å². The Balaban J connectivity index is 2.08. The molecule has 0 spiro atoms. The summed E-state index contributed by atoms with van der Waals surface area (Å²) >= 11 is 0. The van der Waals surface area contributed by atoms with Crippen molar-refractivity contribution in [2.45, 2.75) is 64.2 Å². The largest absolute Gasteiger partial charge is 0.390 e. The fraction of sp³-hybridized carbons (Fsp3) is 0.733. The SMILES string of the molecule is CCCNC1CCCCc2cn(CCC(F)(F)F)cc21. The molecule has 2 nitrogen and oxygen atoms in total. The maximum atomic E-state index is 12.3. The minimum atomic E-state index is -4.08. The van der Waals surface area contributed by atoms with E-state index in [1.807, 2.05) is 12.4 Å². The van der Waals surface area contributed by atoms with Crippen molar-refractivity contribution in [2.24, 2.45) is 0 Å². The topological polar surface area (TPSA) is 17.0 Å². The molecule has 0 aliphatic heterocycles. The van der Waals surface area contributed by atoms with Gasteiger partial charge in [-0.2, -0.15) is 13.2 Å². The molecule has 0 saturated carbocycles. The molecule has 5 heteroatoms. The van der Waals surface area contributed by atoms with E-state index in [0.717, 1.165) is 32.2 Å². The molecule has 0 fully saturated rings. The number of nitrogens with zero attached hydrogens (tertiary/aromatic N) is 1. The molecular weight excluding hydrogens is 265 g/mol. The first-order valence-electron chi connectivity index (χ1n) is 7.48. The summed E-state index contributed by atoms with van der Waals surface area (Å²) in [4.78, 5) is 0. The number of halogens is 3. The standard InChI is InChI=1S/C15H23F3N2/c1-2-8-19-14-6-4-3-5-12-10-20(11-13(12)14)9-7-15(16,17)18/h10-11,14,19H,2-9H2,1H3. The van der Waals surface area contributed by atoms with Crippen LogP contribution in [0.3, 0.4) is 0 Å². The van der Waals surface area contributed by atoms with Crippen molar-refractivity contribution in [2.75, 3.05) is 6.54 Å². The maximum absolute atomic E-state index is 12.3. The Labute approximate surface area is 118 Å². The lowest BCUT2D eigenvalue weighted by Gasteiger charge is -2.16. The number of fused-ring (bicyclic) bond motifs is 1. The molecule has 1 heterocycles. The van der Waals surface area contributed by atoms with Crippen LogP contribution >= 0.6 is 0 Å². The average molecular weight is 288 g/mol. The summed E-state index contributed by atoms with van der Waals surface area (Å²) in [7, 11) is 0. The number of hydrogen-bond donors (Lipinski definition) is 1. The van der Waals surface area contributed by atoms with Gasteiger partial charge in [0, 0.05) is 25.0 Å². The van der Waals surface area contributed by atoms with E-state index in [1.165, 1.54) is 17.5 Å². The number of nitrogens with one attached hydrogen (secondary N) is 1. The second-order valence-electron chi connectivity index (χ2n) is 5.59. The van der Waals surface area contributed by atoms with Crippen molar-refractivity contribution in [1.29, 1.82) is 0 Å². The lowest BCUT2D eigenvalue weighted by Crippen LogP contribution is -2.21. The first-order chi connectivity index (χ1) is 9.49. The minimum absolute atomic E-state index is 0.0248. The molecule has 1 unspecified atom stereocenters. The number of rotatable bonds is 5. The minimum Gasteiger partial charge on any atom is -0.353 e. The third-order valence-electron chi connectivity index (χ3n) is 3.86. The van der Waals surface area contributed by atoms with Gasteiger partial charge < -0.3 is 9.88 Å². The monoisotopic (exact) mass is 288 g/mol. The van der Waals surface area contributed by atoms with Gasteiger partial charge >= 0.3 is 6.18 Å². The zero-order chi connectivity index (χ0) is 14.6. The first kappa shape index (κ1) is 15.4. The highest BCUT2D eigenvalue weighted by atomic mass is 19.4. The first-order valence-corrected chi connectivity index (χ1v) is 7.48. The van der Waals surface area contributed by atoms with Crippen LogP contribution in [0.5, 0.6) is 0 Å². The van der Waals surface area contributed by atoms with Gasteiger partial charge in [0.05, 0.1) is 6.42 Å². The molecule has 20 heavy (non-hydrogen) atoms. The van der Waals surface area contributed by atoms with Crippen LogP contribution in [-0.2, 0) is 13.0 Å². The van der Waals surface area contributed by atoms with Gasteiger partial charge in [-0.15, -0.1) is 0 Å². The number of aromatic nitrogens is 1. The number of aryl methyl sites for hydroxylation is 2. The molecule has 0 saturated heterocycles. The summed E-state index contributed by atoms with van der Waals surface area (Å²) in [5, 5.41) is 3.52. The third kappa shape index (κ3) is 4.27. The molecule has 114 valence electrons. The third-order valence-corrected chi connectivity index (χ3v) is 3.86. The van der Waals surface area contributed by atoms with Crippen molar-refractivity contribution in [1.82, 2.24) is 9.88 Å². The van der Waals surface area contributed by atoms with Gasteiger partial charge in [-0.25, -0.2) is 0 Å². The van der Waals surface area contributed by atoms with Crippen LogP contribution in [0.1, 0.15) is 56.2 Å². The van der Waals surface area contributed by atoms with Gasteiger partial charge in [0.15, 0.2) is 0 Å². The van der Waals surface area contributed by atoms with E-state index in [-0.39, 0.29) is 6.54 Å². The highest BCUT2D eigenvalue weighted by Crippen LogP contribution is 2.30. The van der Waals surface area contributed by atoms with E-state index >= 15 is 0 Å². The fourth-order valence-corrected chi connectivity index (χ4v) is 2.83. The average Bonchev–Trinajstić information content (AvgIpc) is 2.69. The molecule has 0 aromatic carbocycles. The Morgan fingerprint density at radius 3 is 2.80 bits per heavy atom. The molecule has 1 aromatic rings. The lowest BCUT2D eigenvalue weighted by atomic mass is 10.0. The summed E-state index contributed by atoms with van der Waals surface area (Å²) in [5.74, 6) is 0. The van der Waals surface area contributed by atoms with Gasteiger partial charge in [0.1, 0.15) is 0 Å². The van der Waals surface area contributed by atoms with Gasteiger partial charge in [-0.05, 0) is 43.4 Å². The summed E-state index contributed by atoms with van der Waals surface area (Å²) in [6.07, 6.45) is 4.43. The zero-order valence-electron chi connectivity index (χ0n) is 12.0. The fourth-order valence-electron chi connectivity index (χ4n) is 2.83. The van der Waals surface area contributed by atoms with Crippen LogP contribution in [0.25, 0.3) is 0 Å². The highest BCUT2D eigenvalue weighted by Gasteiger charge is 2.27. The Bertz CT molecular complexity index is 423. The molecule has 1 aliphatic rings. The van der Waals surface area contributed by atoms with Gasteiger partial charge in [-0.3, -0.25) is 0 Å². The number of hydrogen-bond acceptors (Lipinski definition) is 1. The Kier molecular flexibility index (Phi) is 5.13. The molecule has 1 N–H and O–H groups in total. The van der Waals surface area contributed by atoms with Crippen LogP contribution in [0, 0.1) is 0 Å². The van der Waals surface area contributed by atoms with Crippen molar-refractivity contribution in [3.63, 3.8) is 0 Å². The predicted octanol–water partition coefficient (Wildman–Crippen LogP) is 4.21. The Morgan fingerprint density at radius 2 is 2.10 bits per heavy atom. The van der Waals surface area contributed by atoms with Crippen LogP contribution < -0.4 is 5.32 Å². The summed E-state index contributed by atoms with van der Waals surface area (Å²) in [5.41, 5.74) is 2.43. The molecule has 1 aliphatic carbocycles. The van der Waals surface area contributed by atoms with Crippen molar-refractivity contribution >= 4 is 0 Å². The smallest absolute Gasteiger partial charge is 0.353 e. The van der Waals surface area contributed by atoms with Crippen LogP contribution in [0.4, 0.5) is 13.2 Å². The van der Waals surface area contributed by atoms with Gasteiger partial charge in [-0.1, -0.05) is 13.3 Å². The summed E-state index contributed by atoms with van der Waals surface area (Å²) < 4.78 is 38.6. The van der Waals surface area contributed by atoms with Crippen molar-refractivity contribution in [3.8, 4) is 0 Å². The molecule has 1 aromatic heterocycles. The predicted molar refractivity (Wildman–Crippen MR) is 73.7 cm³/mol. The highest BCUT2D eigenvalue weighted by molar-refractivity contribution is 5.29. The Hall–Kier alpha value is -0.970. The number of alkyl halides is 3. The maximum Gasteiger partial charge on any atom is 0.390 e. The second kappa shape index (κ2) is 6.66.